The number of nitrogens with one attached hydrogen (secondary N) is 7. The lowest BCUT2D eigenvalue weighted by Gasteiger charge is -2.30. The van der Waals surface area contributed by atoms with Crippen molar-refractivity contribution < 1.29 is 58.5 Å². The number of aliphatic hydroxyl groups excluding tert-OH is 1. The van der Waals surface area contributed by atoms with Gasteiger partial charge in [0.1, 0.15) is 36.3 Å². The number of carbonyl (C=O) groups excluding carboxylic acids is 7. The van der Waals surface area contributed by atoms with Crippen LogP contribution >= 0.6 is 12.6 Å². The van der Waals surface area contributed by atoms with E-state index in [2.05, 4.69) is 49.8 Å². The van der Waals surface area contributed by atoms with Crippen molar-refractivity contribution in [1.82, 2.24) is 37.2 Å². The first-order valence-electron chi connectivity index (χ1n) is 18.0. The molecule has 8 atom stereocenters. The topological polar surface area (TPSA) is 351 Å². The molecule has 22 heteroatoms. The van der Waals surface area contributed by atoms with Crippen molar-refractivity contribution in [3.05, 3.63) is 0 Å². The molecular formula is C33H59N9O12S. The number of nitrogens with two attached hydrogens (primary N) is 2. The summed E-state index contributed by atoms with van der Waals surface area (Å²) in [4.78, 5) is 113. The third-order valence-corrected chi connectivity index (χ3v) is 8.77. The molecule has 0 saturated heterocycles. The maximum atomic E-state index is 13.7. The Kier molecular flexibility index (Phi) is 24.1. The molecule has 14 N–H and O–H groups in total. The highest BCUT2D eigenvalue weighted by Crippen LogP contribution is 2.12. The molecule has 0 fully saturated rings. The minimum Gasteiger partial charge on any atom is -0.481 e. The van der Waals surface area contributed by atoms with E-state index in [9.17, 15) is 48.3 Å². The summed E-state index contributed by atoms with van der Waals surface area (Å²) in [5.74, 6) is -9.73. The number of amides is 7. The predicted molar refractivity (Wildman–Crippen MR) is 201 cm³/mol. The first-order valence-corrected chi connectivity index (χ1v) is 18.6. The monoisotopic (exact) mass is 805 g/mol. The average Bonchev–Trinajstić information content (AvgIpc) is 3.12. The van der Waals surface area contributed by atoms with Crippen molar-refractivity contribution in [1.29, 1.82) is 0 Å². The van der Waals surface area contributed by atoms with Crippen molar-refractivity contribution >= 4 is 65.9 Å². The number of hydrogen-bond acceptors (Lipinski definition) is 13. The summed E-state index contributed by atoms with van der Waals surface area (Å²) in [6.45, 7) is 6.97. The maximum Gasteiger partial charge on any atom is 0.327 e. The molecule has 314 valence electrons. The molecule has 21 nitrogen and oxygen atoms in total. The third kappa shape index (κ3) is 19.1. The Bertz CT molecular complexity index is 1340. The highest BCUT2D eigenvalue weighted by Gasteiger charge is 2.36. The van der Waals surface area contributed by atoms with Gasteiger partial charge in [-0.25, -0.2) is 4.79 Å². The number of carboxylic acids is 2. The highest BCUT2D eigenvalue weighted by molar-refractivity contribution is 7.80. The molecule has 7 amide bonds. The van der Waals surface area contributed by atoms with E-state index in [1.165, 1.54) is 6.92 Å². The van der Waals surface area contributed by atoms with Gasteiger partial charge in [-0.15, -0.1) is 0 Å². The zero-order valence-electron chi connectivity index (χ0n) is 31.9. The maximum absolute atomic E-state index is 13.7. The quantitative estimate of drug-likeness (QED) is 0.0279. The average molecular weight is 806 g/mol. The lowest BCUT2D eigenvalue weighted by molar-refractivity contribution is -0.141. The van der Waals surface area contributed by atoms with Crippen molar-refractivity contribution in [3.8, 4) is 0 Å². The van der Waals surface area contributed by atoms with Gasteiger partial charge in [0.05, 0.1) is 19.2 Å². The van der Waals surface area contributed by atoms with Crippen molar-refractivity contribution in [3.63, 3.8) is 0 Å². The van der Waals surface area contributed by atoms with Crippen LogP contribution in [-0.4, -0.2) is 136 Å². The molecule has 0 aromatic carbocycles. The van der Waals surface area contributed by atoms with Gasteiger partial charge in [0.2, 0.25) is 41.4 Å². The SMILES string of the molecule is CC[C@H](C)[C@H](NC(=O)[C@H](CCCCN)NC(=O)[C@@H](NC(=O)[C@@H](NC(=O)[C@H](CCC(=O)O)NC(=O)CN)[C@@H](C)O)C(C)C)C(=O)NCC(=O)N[C@@H](CS)C(=O)O. The van der Waals surface area contributed by atoms with E-state index in [1.807, 2.05) is 0 Å². The lowest BCUT2D eigenvalue weighted by Crippen LogP contribution is -2.62. The largest absolute Gasteiger partial charge is 0.481 e. The van der Waals surface area contributed by atoms with Gasteiger partial charge in [0, 0.05) is 12.2 Å². The summed E-state index contributed by atoms with van der Waals surface area (Å²) >= 11 is 3.88. The summed E-state index contributed by atoms with van der Waals surface area (Å²) < 4.78 is 0. The molecule has 0 aromatic rings. The van der Waals surface area contributed by atoms with Crippen molar-refractivity contribution in [2.75, 3.05) is 25.4 Å². The van der Waals surface area contributed by atoms with Crippen LogP contribution in [0.3, 0.4) is 0 Å². The molecule has 0 aliphatic rings. The summed E-state index contributed by atoms with van der Waals surface area (Å²) in [6, 6.07) is -8.11. The van der Waals surface area contributed by atoms with E-state index in [1.54, 1.807) is 27.7 Å². The first-order chi connectivity index (χ1) is 25.7. The molecule has 0 bridgehead atoms. The number of thiol groups is 1. The molecule has 0 unspecified atom stereocenters. The second-order valence-electron chi connectivity index (χ2n) is 13.3. The van der Waals surface area contributed by atoms with E-state index in [0.29, 0.717) is 19.3 Å². The number of hydrogen-bond donors (Lipinski definition) is 13. The number of carboxylic acid groups (broad SMARTS) is 2. The van der Waals surface area contributed by atoms with E-state index in [4.69, 9.17) is 21.7 Å². The lowest BCUT2D eigenvalue weighted by atomic mass is 9.97. The van der Waals surface area contributed by atoms with Gasteiger partial charge in [-0.2, -0.15) is 12.6 Å². The Hall–Kier alpha value is -4.54. The molecule has 0 radical (unpaired) electrons. The third-order valence-electron chi connectivity index (χ3n) is 8.41. The Labute approximate surface area is 325 Å². The number of unbranched alkanes of at least 4 members (excludes halogenated alkanes) is 1. The fraction of sp³-hybridized carbons (Fsp3) is 0.727. The molecule has 0 saturated carbocycles. The first kappa shape index (κ1) is 50.5. The van der Waals surface area contributed by atoms with Gasteiger partial charge >= 0.3 is 11.9 Å². The molecule has 55 heavy (non-hydrogen) atoms. The van der Waals surface area contributed by atoms with Gasteiger partial charge in [0.15, 0.2) is 0 Å². The smallest absolute Gasteiger partial charge is 0.327 e. The minimum atomic E-state index is -1.67. The van der Waals surface area contributed by atoms with Crippen LogP contribution in [0.1, 0.15) is 73.1 Å². The van der Waals surface area contributed by atoms with E-state index >= 15 is 0 Å². The Morgan fingerprint density at radius 1 is 0.636 bits per heavy atom. The zero-order chi connectivity index (χ0) is 42.4. The summed E-state index contributed by atoms with van der Waals surface area (Å²) in [7, 11) is 0. The summed E-state index contributed by atoms with van der Waals surface area (Å²) in [5, 5.41) is 45.4. The highest BCUT2D eigenvalue weighted by atomic mass is 32.1. The number of aliphatic hydroxyl groups is 1. The van der Waals surface area contributed by atoms with Crippen LogP contribution < -0.4 is 48.7 Å². The van der Waals surface area contributed by atoms with Gasteiger partial charge in [0.25, 0.3) is 0 Å². The van der Waals surface area contributed by atoms with Crippen LogP contribution in [0.5, 0.6) is 0 Å². The normalized spacial score (nSPS) is 15.4. The molecular weight excluding hydrogens is 746 g/mol. The molecule has 0 aliphatic carbocycles. The molecule has 0 heterocycles. The van der Waals surface area contributed by atoms with Crippen LogP contribution in [0.4, 0.5) is 0 Å². The zero-order valence-corrected chi connectivity index (χ0v) is 32.8. The second-order valence-corrected chi connectivity index (χ2v) is 13.7. The van der Waals surface area contributed by atoms with Gasteiger partial charge < -0.3 is 64.0 Å². The standard InChI is InChI=1S/C33H59N9O12S/c1-6-17(4)26(30(50)36-14-23(45)38-21(15-55)33(53)54)41-28(48)19(9-7-8-12-34)39-31(51)25(16(2)3)40-32(52)27(18(5)43)42-29(49)20(10-11-24(46)47)37-22(44)13-35/h16-21,25-27,43,55H,6-15,34-35H2,1-5H3,(H,36,50)(H,37,44)(H,38,45)(H,39,51)(H,40,52)(H,41,48)(H,42,49)(H,46,47)(H,53,54)/t17-,18+,19-,20-,21-,25-,26-,27-/m0/s1. The van der Waals surface area contributed by atoms with Crippen LogP contribution in [0.25, 0.3) is 0 Å². The second kappa shape index (κ2) is 26.3. The molecule has 0 aromatic heterocycles. The van der Waals surface area contributed by atoms with E-state index in [-0.39, 0.29) is 25.1 Å². The van der Waals surface area contributed by atoms with E-state index < -0.39 is 127 Å². The Balaban J connectivity index is 6.10. The summed E-state index contributed by atoms with van der Waals surface area (Å²) in [6.07, 6.45) is -1.06. The Morgan fingerprint density at radius 2 is 1.16 bits per heavy atom. The van der Waals surface area contributed by atoms with Crippen molar-refractivity contribution in [2.45, 2.75) is 115 Å². The van der Waals surface area contributed by atoms with Crippen LogP contribution in [0, 0.1) is 11.8 Å². The van der Waals surface area contributed by atoms with Gasteiger partial charge in [-0.05, 0) is 51.0 Å². The number of rotatable bonds is 27. The van der Waals surface area contributed by atoms with Crippen LogP contribution in [0.15, 0.2) is 0 Å². The van der Waals surface area contributed by atoms with Crippen molar-refractivity contribution in [2.24, 2.45) is 23.3 Å². The Morgan fingerprint density at radius 3 is 1.64 bits per heavy atom. The van der Waals surface area contributed by atoms with Crippen LogP contribution in [0.2, 0.25) is 0 Å². The predicted octanol–water partition coefficient (Wildman–Crippen LogP) is -3.94. The molecule has 0 aliphatic heterocycles. The van der Waals surface area contributed by atoms with Crippen LogP contribution in [-0.2, 0) is 43.2 Å². The van der Waals surface area contributed by atoms with Gasteiger partial charge in [-0.1, -0.05) is 34.1 Å². The molecule has 0 spiro atoms. The van der Waals surface area contributed by atoms with Gasteiger partial charge in [-0.3, -0.25) is 38.4 Å². The number of aliphatic carboxylic acids is 2. The minimum absolute atomic E-state index is 0.0731. The fourth-order valence-corrected chi connectivity index (χ4v) is 5.16. The number of carbonyl (C=O) groups is 9. The summed E-state index contributed by atoms with van der Waals surface area (Å²) in [5.41, 5.74) is 10.9. The molecule has 0 rings (SSSR count). The van der Waals surface area contributed by atoms with E-state index in [0.717, 1.165) is 0 Å². The fourth-order valence-electron chi connectivity index (χ4n) is 4.91.